The largest absolute Gasteiger partial charge is 1.00 e. The van der Waals surface area contributed by atoms with Gasteiger partial charge in [-0.25, -0.2) is 9.13 Å². The first-order valence-electron chi connectivity index (χ1n) is 7.86. The molecule has 122 valence electrons. The highest BCUT2D eigenvalue weighted by atomic mass is 127. The van der Waals surface area contributed by atoms with Crippen molar-refractivity contribution in [2.45, 2.75) is 71.9 Å². The molecule has 0 fully saturated rings. The van der Waals surface area contributed by atoms with Crippen LogP contribution in [0.2, 0.25) is 0 Å². The van der Waals surface area contributed by atoms with Gasteiger partial charge in [-0.3, -0.25) is 4.79 Å². The summed E-state index contributed by atoms with van der Waals surface area (Å²) in [4.78, 5) is 11.3. The van der Waals surface area contributed by atoms with Crippen LogP contribution in [-0.2, 0) is 29.0 Å². The predicted molar refractivity (Wildman–Crippen MR) is 79.4 cm³/mol. The van der Waals surface area contributed by atoms with E-state index < -0.39 is 0 Å². The van der Waals surface area contributed by atoms with Crippen molar-refractivity contribution in [3.05, 3.63) is 18.2 Å². The molecule has 0 saturated carbocycles. The number of nitrogens with zero attached hydrogens (tertiary/aromatic N) is 2. The number of ether oxygens (including phenoxy) is 1. The molecule has 5 heteroatoms. The molecule has 0 aliphatic heterocycles. The number of rotatable bonds is 10. The standard InChI is InChI=1S/C16H29N2O2.HI/c1-4-6-8-11-17-13-15(9-10-16(19)20-3)18(14-17)12-7-5-2;/h13-14H,4-12H2,1-3H3;1H/q+1;/p-1. The van der Waals surface area contributed by atoms with Crippen LogP contribution in [0.5, 0.6) is 0 Å². The Hall–Kier alpha value is -0.590. The Bertz CT molecular complexity index is 405. The number of aryl methyl sites for hydroxylation is 3. The summed E-state index contributed by atoms with van der Waals surface area (Å²) >= 11 is 0. The van der Waals surface area contributed by atoms with Crippen molar-refractivity contribution in [2.24, 2.45) is 0 Å². The number of halogens is 1. The van der Waals surface area contributed by atoms with E-state index in [4.69, 9.17) is 4.74 Å². The first kappa shape index (κ1) is 20.4. The number of hydrogen-bond acceptors (Lipinski definition) is 2. The van der Waals surface area contributed by atoms with Crippen LogP contribution in [-0.4, -0.2) is 17.6 Å². The maximum atomic E-state index is 11.3. The van der Waals surface area contributed by atoms with Gasteiger partial charge in [0.25, 0.3) is 0 Å². The maximum absolute atomic E-state index is 11.3. The second-order valence-corrected chi connectivity index (χ2v) is 5.30. The molecule has 0 aliphatic rings. The van der Waals surface area contributed by atoms with E-state index in [2.05, 4.69) is 35.5 Å². The first-order chi connectivity index (χ1) is 9.71. The number of esters is 1. The summed E-state index contributed by atoms with van der Waals surface area (Å²) in [6.45, 7) is 6.53. The SMILES string of the molecule is CCCCC[n+]1cc(CCC(=O)OC)n(CCCC)c1.[I-]. The van der Waals surface area contributed by atoms with Crippen molar-refractivity contribution in [3.8, 4) is 0 Å². The number of unbranched alkanes of at least 4 members (excludes halogenated alkanes) is 3. The fourth-order valence-corrected chi connectivity index (χ4v) is 2.29. The molecule has 0 aliphatic carbocycles. The lowest BCUT2D eigenvalue weighted by Gasteiger charge is -2.00. The maximum Gasteiger partial charge on any atom is 0.305 e. The molecule has 1 rings (SSSR count). The third-order valence-corrected chi connectivity index (χ3v) is 3.56. The summed E-state index contributed by atoms with van der Waals surface area (Å²) in [5.74, 6) is -0.134. The average Bonchev–Trinajstić information content (AvgIpc) is 2.85. The molecule has 0 N–H and O–H groups in total. The summed E-state index contributed by atoms with van der Waals surface area (Å²) in [6, 6.07) is 0. The number of imidazole rings is 1. The van der Waals surface area contributed by atoms with Gasteiger partial charge in [-0.1, -0.05) is 26.7 Å². The highest BCUT2D eigenvalue weighted by Gasteiger charge is 2.14. The molecule has 0 amide bonds. The summed E-state index contributed by atoms with van der Waals surface area (Å²) in [6.07, 6.45) is 11.7. The Labute approximate surface area is 145 Å². The highest BCUT2D eigenvalue weighted by molar-refractivity contribution is 5.69. The number of aromatic nitrogens is 2. The molecule has 0 aromatic carbocycles. The van der Waals surface area contributed by atoms with Crippen LogP contribution in [0, 0.1) is 0 Å². The fraction of sp³-hybridized carbons (Fsp3) is 0.750. The topological polar surface area (TPSA) is 35.1 Å². The monoisotopic (exact) mass is 408 g/mol. The van der Waals surface area contributed by atoms with Crippen LogP contribution >= 0.6 is 0 Å². The Morgan fingerprint density at radius 2 is 1.95 bits per heavy atom. The number of carbonyl (C=O) groups is 1. The van der Waals surface area contributed by atoms with Crippen LogP contribution in [0.1, 0.15) is 58.1 Å². The van der Waals surface area contributed by atoms with Gasteiger partial charge in [0.1, 0.15) is 11.9 Å². The zero-order valence-corrected chi connectivity index (χ0v) is 15.8. The third kappa shape index (κ3) is 7.83. The van der Waals surface area contributed by atoms with Gasteiger partial charge < -0.3 is 28.7 Å². The van der Waals surface area contributed by atoms with Crippen LogP contribution in [0.15, 0.2) is 12.5 Å². The molecule has 1 aromatic rings. The molecule has 1 heterocycles. The normalized spacial score (nSPS) is 10.2. The van der Waals surface area contributed by atoms with E-state index in [9.17, 15) is 4.79 Å². The third-order valence-electron chi connectivity index (χ3n) is 3.56. The van der Waals surface area contributed by atoms with Crippen molar-refractivity contribution in [2.75, 3.05) is 7.11 Å². The number of methoxy groups -OCH3 is 1. The van der Waals surface area contributed by atoms with Crippen LogP contribution in [0.4, 0.5) is 0 Å². The molecule has 0 spiro atoms. The lowest BCUT2D eigenvalue weighted by atomic mass is 10.2. The van der Waals surface area contributed by atoms with Crippen molar-refractivity contribution >= 4 is 5.97 Å². The van der Waals surface area contributed by atoms with Crippen LogP contribution in [0.25, 0.3) is 0 Å². The lowest BCUT2D eigenvalue weighted by Crippen LogP contribution is -3.00. The van der Waals surface area contributed by atoms with Crippen molar-refractivity contribution in [3.63, 3.8) is 0 Å². The first-order valence-corrected chi connectivity index (χ1v) is 7.86. The van der Waals surface area contributed by atoms with Crippen molar-refractivity contribution in [1.82, 2.24) is 4.57 Å². The zero-order chi connectivity index (χ0) is 14.8. The van der Waals surface area contributed by atoms with Gasteiger partial charge in [0.05, 0.1) is 26.6 Å². The smallest absolute Gasteiger partial charge is 0.305 e. The molecule has 0 radical (unpaired) electrons. The molecule has 0 atom stereocenters. The Kier molecular flexibility index (Phi) is 11.7. The molecule has 0 saturated heterocycles. The number of carbonyl (C=O) groups excluding carboxylic acids is 1. The Morgan fingerprint density at radius 3 is 2.57 bits per heavy atom. The Morgan fingerprint density at radius 1 is 1.24 bits per heavy atom. The second kappa shape index (κ2) is 12.0. The quantitative estimate of drug-likeness (QED) is 0.234. The summed E-state index contributed by atoms with van der Waals surface area (Å²) < 4.78 is 9.28. The molecule has 4 nitrogen and oxygen atoms in total. The van der Waals surface area contributed by atoms with E-state index in [0.717, 1.165) is 19.5 Å². The van der Waals surface area contributed by atoms with Crippen LogP contribution < -0.4 is 28.5 Å². The van der Waals surface area contributed by atoms with E-state index >= 15 is 0 Å². The van der Waals surface area contributed by atoms with E-state index in [-0.39, 0.29) is 29.9 Å². The fourth-order valence-electron chi connectivity index (χ4n) is 2.29. The second-order valence-electron chi connectivity index (χ2n) is 5.30. The number of hydrogen-bond donors (Lipinski definition) is 0. The van der Waals surface area contributed by atoms with Gasteiger partial charge in [-0.15, -0.1) is 0 Å². The average molecular weight is 408 g/mol. The summed E-state index contributed by atoms with van der Waals surface area (Å²) in [5.41, 5.74) is 1.24. The van der Waals surface area contributed by atoms with Gasteiger partial charge in [0, 0.05) is 6.42 Å². The van der Waals surface area contributed by atoms with E-state index in [1.807, 2.05) is 0 Å². The van der Waals surface area contributed by atoms with Gasteiger partial charge in [-0.2, -0.15) is 0 Å². The molecule has 0 unspecified atom stereocenters. The molecule has 0 bridgehead atoms. The van der Waals surface area contributed by atoms with Crippen LogP contribution in [0.3, 0.4) is 0 Å². The highest BCUT2D eigenvalue weighted by Crippen LogP contribution is 2.06. The van der Waals surface area contributed by atoms with E-state index in [1.165, 1.54) is 44.9 Å². The van der Waals surface area contributed by atoms with Crippen molar-refractivity contribution < 1.29 is 38.1 Å². The lowest BCUT2D eigenvalue weighted by molar-refractivity contribution is -0.697. The Balaban J connectivity index is 0.00000400. The van der Waals surface area contributed by atoms with Gasteiger partial charge >= 0.3 is 5.97 Å². The van der Waals surface area contributed by atoms with E-state index in [1.54, 1.807) is 0 Å². The van der Waals surface area contributed by atoms with E-state index in [0.29, 0.717) is 6.42 Å². The minimum Gasteiger partial charge on any atom is -1.00 e. The minimum atomic E-state index is -0.134. The van der Waals surface area contributed by atoms with Gasteiger partial charge in [0.2, 0.25) is 6.33 Å². The zero-order valence-electron chi connectivity index (χ0n) is 13.6. The van der Waals surface area contributed by atoms with Gasteiger partial charge in [-0.05, 0) is 19.3 Å². The molecular weight excluding hydrogens is 379 g/mol. The summed E-state index contributed by atoms with van der Waals surface area (Å²) in [7, 11) is 1.45. The van der Waals surface area contributed by atoms with Crippen molar-refractivity contribution in [1.29, 1.82) is 0 Å². The molecule has 1 aromatic heterocycles. The minimum absolute atomic E-state index is 0. The predicted octanol–water partition coefficient (Wildman–Crippen LogP) is -0.124. The molecular formula is C16H29IN2O2. The summed E-state index contributed by atoms with van der Waals surface area (Å²) in [5, 5.41) is 0. The van der Waals surface area contributed by atoms with Gasteiger partial charge in [0.15, 0.2) is 0 Å². The molecule has 21 heavy (non-hydrogen) atoms.